The van der Waals surface area contributed by atoms with Crippen LogP contribution >= 0.6 is 0 Å². The lowest BCUT2D eigenvalue weighted by atomic mass is 10.0. The van der Waals surface area contributed by atoms with Crippen LogP contribution < -0.4 is 15.7 Å². The Balaban J connectivity index is 1.62. The van der Waals surface area contributed by atoms with Gasteiger partial charge in [-0.2, -0.15) is 5.26 Å². The van der Waals surface area contributed by atoms with Gasteiger partial charge in [-0.05, 0) is 48.7 Å². The van der Waals surface area contributed by atoms with E-state index in [0.717, 1.165) is 40.6 Å². The second kappa shape index (κ2) is 9.11. The molecule has 0 bridgehead atoms. The van der Waals surface area contributed by atoms with Crippen molar-refractivity contribution in [1.82, 2.24) is 16.0 Å². The first kappa shape index (κ1) is 19.5. The molecule has 2 aromatic carbocycles. The van der Waals surface area contributed by atoms with Crippen LogP contribution in [0.5, 0.6) is 5.75 Å². The number of hydrogen-bond donors (Lipinski definition) is 2. The summed E-state index contributed by atoms with van der Waals surface area (Å²) in [5.74, 6) is 0.645. The van der Waals surface area contributed by atoms with Crippen molar-refractivity contribution in [1.29, 1.82) is 5.26 Å². The molecule has 7 heteroatoms. The number of esters is 1. The molecule has 28 heavy (non-hydrogen) atoms. The number of nitrogens with one attached hydrogen (secondary N) is 2. The van der Waals surface area contributed by atoms with Gasteiger partial charge in [0, 0.05) is 19.0 Å². The summed E-state index contributed by atoms with van der Waals surface area (Å²) < 4.78 is 10.7. The van der Waals surface area contributed by atoms with Crippen molar-refractivity contribution >= 4 is 22.4 Å². The van der Waals surface area contributed by atoms with Crippen LogP contribution in [0.1, 0.15) is 31.7 Å². The second-order valence-corrected chi connectivity index (χ2v) is 6.47. The molecule has 0 saturated heterocycles. The van der Waals surface area contributed by atoms with E-state index in [1.165, 1.54) is 0 Å². The number of rotatable bonds is 8. The molecule has 1 aliphatic rings. The minimum Gasteiger partial charge on any atom is -0.494 e. The minimum absolute atomic E-state index is 0.156. The lowest BCUT2D eigenvalue weighted by Crippen LogP contribution is -2.34. The molecule has 0 unspecified atom stereocenters. The number of nitriles is 1. The lowest BCUT2D eigenvalue weighted by molar-refractivity contribution is -0.143. The van der Waals surface area contributed by atoms with E-state index in [1.807, 2.05) is 44.3 Å². The van der Waals surface area contributed by atoms with Crippen molar-refractivity contribution in [3.8, 4) is 11.8 Å². The first-order chi connectivity index (χ1) is 13.6. The molecule has 1 heterocycles. The Morgan fingerprint density at radius 1 is 1.18 bits per heavy atom. The van der Waals surface area contributed by atoms with Gasteiger partial charge >= 0.3 is 5.97 Å². The maximum absolute atomic E-state index is 11.3. The fraction of sp³-hybridized carbons (Fsp3) is 0.333. The van der Waals surface area contributed by atoms with Crippen molar-refractivity contribution in [2.45, 2.75) is 26.2 Å². The molecule has 7 nitrogen and oxygen atoms in total. The van der Waals surface area contributed by atoms with Crippen molar-refractivity contribution < 1.29 is 14.3 Å². The summed E-state index contributed by atoms with van der Waals surface area (Å²) in [5.41, 5.74) is 8.02. The summed E-state index contributed by atoms with van der Waals surface area (Å²) in [5, 5.41) is 13.2. The number of nitrogens with zero attached hydrogens (tertiary/aromatic N) is 2. The Kier molecular flexibility index (Phi) is 6.35. The van der Waals surface area contributed by atoms with Crippen molar-refractivity contribution in [2.24, 2.45) is 0 Å². The Bertz CT molecular complexity index is 933. The molecule has 2 N–H and O–H groups in total. The number of carbonyl (C=O) groups is 1. The zero-order valence-electron chi connectivity index (χ0n) is 16.1. The zero-order chi connectivity index (χ0) is 19.9. The largest absolute Gasteiger partial charge is 0.494 e. The molecule has 0 amide bonds. The van der Waals surface area contributed by atoms with Gasteiger partial charge in [-0.15, -0.1) is 5.53 Å². The van der Waals surface area contributed by atoms with Gasteiger partial charge in [0.05, 0.1) is 18.9 Å². The maximum atomic E-state index is 11.3. The standard InChI is InChI=1S/C21H24N4O3/c1-3-27-20(26)6-4-5-11-28-18-10-9-15-12-17(8-7-16(15)13-18)21-19(14-22)23-24-25(21)2/h7-10,12-13,23-24H,3-6,11H2,1-2H3. The smallest absolute Gasteiger partial charge is 0.305 e. The molecular weight excluding hydrogens is 356 g/mol. The highest BCUT2D eigenvalue weighted by Crippen LogP contribution is 2.28. The number of benzene rings is 2. The van der Waals surface area contributed by atoms with Crippen molar-refractivity contribution in [3.05, 3.63) is 47.7 Å². The highest BCUT2D eigenvalue weighted by atomic mass is 16.5. The van der Waals surface area contributed by atoms with E-state index in [4.69, 9.17) is 9.47 Å². The number of allylic oxidation sites excluding steroid dienone is 1. The van der Waals surface area contributed by atoms with Gasteiger partial charge in [0.15, 0.2) is 5.70 Å². The van der Waals surface area contributed by atoms with Crippen LogP contribution in [0.25, 0.3) is 16.5 Å². The number of carbonyl (C=O) groups excluding carboxylic acids is 1. The normalized spacial score (nSPS) is 13.4. The molecule has 3 rings (SSSR count). The SMILES string of the molecule is CCOC(=O)CCCCOc1ccc2cc(C3=C(C#N)NNN3C)ccc2c1. The van der Waals surface area contributed by atoms with Crippen LogP contribution in [-0.4, -0.2) is 31.2 Å². The summed E-state index contributed by atoms with van der Waals surface area (Å²) in [7, 11) is 1.86. The highest BCUT2D eigenvalue weighted by Gasteiger charge is 2.20. The summed E-state index contributed by atoms with van der Waals surface area (Å²) in [6.45, 7) is 2.79. The molecule has 0 aromatic heterocycles. The Hall–Kier alpha value is -3.24. The third-order valence-corrected chi connectivity index (χ3v) is 4.47. The molecule has 0 aliphatic carbocycles. The van der Waals surface area contributed by atoms with Crippen LogP contribution in [0, 0.1) is 11.3 Å². The maximum Gasteiger partial charge on any atom is 0.305 e. The monoisotopic (exact) mass is 380 g/mol. The molecule has 0 fully saturated rings. The Labute approximate surface area is 164 Å². The van der Waals surface area contributed by atoms with Gasteiger partial charge < -0.3 is 9.47 Å². The molecule has 0 atom stereocenters. The van der Waals surface area contributed by atoms with Gasteiger partial charge in [-0.3, -0.25) is 15.2 Å². The summed E-state index contributed by atoms with van der Waals surface area (Å²) in [6.07, 6.45) is 1.98. The number of hydrazine groups is 2. The fourth-order valence-corrected chi connectivity index (χ4v) is 3.10. The van der Waals surface area contributed by atoms with Crippen molar-refractivity contribution in [2.75, 3.05) is 20.3 Å². The van der Waals surface area contributed by atoms with E-state index in [9.17, 15) is 10.1 Å². The minimum atomic E-state index is -0.156. The molecule has 1 aliphatic heterocycles. The lowest BCUT2D eigenvalue weighted by Gasteiger charge is -2.15. The summed E-state index contributed by atoms with van der Waals surface area (Å²) >= 11 is 0. The van der Waals surface area contributed by atoms with Gasteiger partial charge in [0.25, 0.3) is 0 Å². The fourth-order valence-electron chi connectivity index (χ4n) is 3.10. The van der Waals surface area contributed by atoms with Crippen LogP contribution in [-0.2, 0) is 9.53 Å². The Morgan fingerprint density at radius 3 is 2.75 bits per heavy atom. The van der Waals surface area contributed by atoms with Crippen LogP contribution in [0.15, 0.2) is 42.1 Å². The van der Waals surface area contributed by atoms with Crippen molar-refractivity contribution in [3.63, 3.8) is 0 Å². The van der Waals surface area contributed by atoms with Crippen LogP contribution in [0.2, 0.25) is 0 Å². The number of fused-ring (bicyclic) bond motifs is 1. The number of ether oxygens (including phenoxy) is 2. The highest BCUT2D eigenvalue weighted by molar-refractivity contribution is 5.88. The van der Waals surface area contributed by atoms with E-state index in [0.29, 0.717) is 25.3 Å². The zero-order valence-corrected chi connectivity index (χ0v) is 16.1. The number of hydrogen-bond acceptors (Lipinski definition) is 7. The van der Waals surface area contributed by atoms with E-state index in [-0.39, 0.29) is 5.97 Å². The number of unbranched alkanes of at least 4 members (excludes halogenated alkanes) is 1. The van der Waals surface area contributed by atoms with Gasteiger partial charge in [-0.1, -0.05) is 18.2 Å². The average Bonchev–Trinajstić information content (AvgIpc) is 3.08. The van der Waals surface area contributed by atoms with Crippen LogP contribution in [0.3, 0.4) is 0 Å². The van der Waals surface area contributed by atoms with Gasteiger partial charge in [0.2, 0.25) is 0 Å². The topological polar surface area (TPSA) is 86.6 Å². The van der Waals surface area contributed by atoms with E-state index in [1.54, 1.807) is 5.01 Å². The molecule has 0 saturated carbocycles. The van der Waals surface area contributed by atoms with Crippen LogP contribution in [0.4, 0.5) is 0 Å². The molecular formula is C21H24N4O3. The quantitative estimate of drug-likeness (QED) is 0.537. The van der Waals surface area contributed by atoms with E-state index >= 15 is 0 Å². The first-order valence-corrected chi connectivity index (χ1v) is 9.34. The van der Waals surface area contributed by atoms with E-state index in [2.05, 4.69) is 23.1 Å². The third kappa shape index (κ3) is 4.53. The van der Waals surface area contributed by atoms with Gasteiger partial charge in [-0.25, -0.2) is 0 Å². The Morgan fingerprint density at radius 2 is 1.96 bits per heavy atom. The third-order valence-electron chi connectivity index (χ3n) is 4.47. The van der Waals surface area contributed by atoms with Gasteiger partial charge in [0.1, 0.15) is 11.8 Å². The summed E-state index contributed by atoms with van der Waals surface area (Å²) in [4.78, 5) is 11.3. The first-order valence-electron chi connectivity index (χ1n) is 9.34. The predicted octanol–water partition coefficient (Wildman–Crippen LogP) is 3.10. The average molecular weight is 380 g/mol. The second-order valence-electron chi connectivity index (χ2n) is 6.47. The molecule has 2 aromatic rings. The molecule has 0 spiro atoms. The molecule has 146 valence electrons. The predicted molar refractivity (Wildman–Crippen MR) is 106 cm³/mol. The van der Waals surface area contributed by atoms with E-state index < -0.39 is 0 Å². The molecule has 0 radical (unpaired) electrons. The summed E-state index contributed by atoms with van der Waals surface area (Å²) in [6, 6.07) is 14.2.